The molecule has 1 atom stereocenters. The average molecular weight is 501 g/mol. The summed E-state index contributed by atoms with van der Waals surface area (Å²) in [6, 6.07) is 24.3. The number of hydrogen-bond donors (Lipinski definition) is 5. The lowest BCUT2D eigenvalue weighted by Gasteiger charge is -2.36. The first kappa shape index (κ1) is 25.5. The van der Waals surface area contributed by atoms with Crippen LogP contribution in [-0.2, 0) is 18.3 Å². The van der Waals surface area contributed by atoms with E-state index in [1.54, 1.807) is 30.3 Å². The van der Waals surface area contributed by atoms with Gasteiger partial charge in [0.25, 0.3) is 0 Å². The van der Waals surface area contributed by atoms with Crippen molar-refractivity contribution in [2.75, 3.05) is 0 Å². The fourth-order valence-corrected chi connectivity index (χ4v) is 5.25. The van der Waals surface area contributed by atoms with E-state index in [0.717, 1.165) is 59.1 Å². The van der Waals surface area contributed by atoms with Crippen molar-refractivity contribution >= 4 is 12.6 Å². The van der Waals surface area contributed by atoms with Crippen molar-refractivity contribution in [1.29, 1.82) is 0 Å². The maximum atomic E-state index is 10.4. The van der Waals surface area contributed by atoms with Gasteiger partial charge in [-0.3, -0.25) is 0 Å². The number of benzene rings is 4. The van der Waals surface area contributed by atoms with Gasteiger partial charge in [-0.15, -0.1) is 12.6 Å². The molecule has 36 heavy (non-hydrogen) atoms. The smallest absolute Gasteiger partial charge is 0.131 e. The summed E-state index contributed by atoms with van der Waals surface area (Å²) in [5.74, 6) is 0.899. The van der Waals surface area contributed by atoms with Gasteiger partial charge in [-0.25, -0.2) is 0 Å². The van der Waals surface area contributed by atoms with E-state index in [-0.39, 0.29) is 23.0 Å². The summed E-state index contributed by atoms with van der Waals surface area (Å²) in [4.78, 5) is 0.526. The molecule has 4 N–H and O–H groups in total. The van der Waals surface area contributed by atoms with Gasteiger partial charge in [-0.1, -0.05) is 42.5 Å². The Hall–Kier alpha value is -3.57. The second kappa shape index (κ2) is 10.6. The molecule has 4 aromatic rings. The molecule has 186 valence electrons. The van der Waals surface area contributed by atoms with Crippen LogP contribution in [-0.4, -0.2) is 20.4 Å². The van der Waals surface area contributed by atoms with Crippen LogP contribution < -0.4 is 0 Å². The first-order valence-electron chi connectivity index (χ1n) is 12.1. The Morgan fingerprint density at radius 3 is 1.75 bits per heavy atom. The van der Waals surface area contributed by atoms with Gasteiger partial charge in [0.15, 0.2) is 0 Å². The first-order chi connectivity index (χ1) is 17.2. The highest BCUT2D eigenvalue weighted by Crippen LogP contribution is 2.44. The Morgan fingerprint density at radius 1 is 0.611 bits per heavy atom. The molecule has 0 saturated carbocycles. The summed E-state index contributed by atoms with van der Waals surface area (Å²) in [6.45, 7) is 3.77. The van der Waals surface area contributed by atoms with Crippen molar-refractivity contribution in [1.82, 2.24) is 0 Å². The maximum absolute atomic E-state index is 10.4. The molecule has 0 aromatic heterocycles. The van der Waals surface area contributed by atoms with Crippen LogP contribution in [0.25, 0.3) is 0 Å². The van der Waals surface area contributed by atoms with Crippen molar-refractivity contribution in [3.05, 3.63) is 112 Å². The van der Waals surface area contributed by atoms with E-state index < -0.39 is 5.41 Å². The molecule has 4 nitrogen and oxygen atoms in total. The predicted octanol–water partition coefficient (Wildman–Crippen LogP) is 6.97. The lowest BCUT2D eigenvalue weighted by molar-refractivity contribution is 0.427. The standard InChI is InChI=1S/C31H32O4S/c1-20-17-23(5-12-28(20)34)14-16-31(24-6-10-27(33)11-7-24,15-13-22-3-8-26(32)9-4-22)25-18-21(2)30(35)29(36)19-25/h3-12,17-19,32-36H,13-16H2,1-2H3. The van der Waals surface area contributed by atoms with E-state index in [1.165, 1.54) is 0 Å². The summed E-state index contributed by atoms with van der Waals surface area (Å²) in [7, 11) is 0. The molecule has 0 saturated heterocycles. The Morgan fingerprint density at radius 2 is 1.17 bits per heavy atom. The summed E-state index contributed by atoms with van der Waals surface area (Å²) in [5, 5.41) is 40.2. The summed E-state index contributed by atoms with van der Waals surface area (Å²) in [6.07, 6.45) is 3.05. The average Bonchev–Trinajstić information content (AvgIpc) is 2.86. The quantitative estimate of drug-likeness (QED) is 0.169. The molecule has 5 heteroatoms. The van der Waals surface area contributed by atoms with Crippen molar-refractivity contribution in [2.24, 2.45) is 0 Å². The van der Waals surface area contributed by atoms with Gasteiger partial charge < -0.3 is 20.4 Å². The Bertz CT molecular complexity index is 1320. The largest absolute Gasteiger partial charge is 0.508 e. The predicted molar refractivity (Wildman–Crippen MR) is 147 cm³/mol. The summed E-state index contributed by atoms with van der Waals surface area (Å²) >= 11 is 4.56. The molecule has 0 aliphatic carbocycles. The topological polar surface area (TPSA) is 80.9 Å². The molecule has 0 radical (unpaired) electrons. The lowest BCUT2D eigenvalue weighted by Crippen LogP contribution is -2.30. The highest BCUT2D eigenvalue weighted by atomic mass is 32.1. The second-order valence-electron chi connectivity index (χ2n) is 9.58. The molecule has 0 heterocycles. The molecule has 0 spiro atoms. The monoisotopic (exact) mass is 500 g/mol. The van der Waals surface area contributed by atoms with Crippen LogP contribution in [0, 0.1) is 13.8 Å². The van der Waals surface area contributed by atoms with Crippen molar-refractivity contribution < 1.29 is 20.4 Å². The molecule has 1 unspecified atom stereocenters. The number of phenols is 4. The number of phenolic OH excluding ortho intramolecular Hbond substituents is 4. The third-order valence-corrected chi connectivity index (χ3v) is 7.47. The first-order valence-corrected chi connectivity index (χ1v) is 12.5. The van der Waals surface area contributed by atoms with E-state index in [2.05, 4.69) is 12.6 Å². The van der Waals surface area contributed by atoms with Gasteiger partial charge in [0, 0.05) is 10.3 Å². The van der Waals surface area contributed by atoms with Crippen LogP contribution in [0.3, 0.4) is 0 Å². The van der Waals surface area contributed by atoms with E-state index in [0.29, 0.717) is 4.90 Å². The Balaban J connectivity index is 1.83. The molecule has 0 bridgehead atoms. The van der Waals surface area contributed by atoms with Crippen LogP contribution in [0.2, 0.25) is 0 Å². The van der Waals surface area contributed by atoms with E-state index in [9.17, 15) is 20.4 Å². The van der Waals surface area contributed by atoms with Gasteiger partial charge >= 0.3 is 0 Å². The zero-order valence-electron chi connectivity index (χ0n) is 20.6. The van der Waals surface area contributed by atoms with E-state index in [1.807, 2.05) is 62.4 Å². The molecule has 0 aliphatic heterocycles. The van der Waals surface area contributed by atoms with Gasteiger partial charge in [0.1, 0.15) is 23.0 Å². The lowest BCUT2D eigenvalue weighted by atomic mass is 9.67. The zero-order valence-corrected chi connectivity index (χ0v) is 21.5. The second-order valence-corrected chi connectivity index (χ2v) is 10.1. The number of aryl methyl sites for hydroxylation is 4. The van der Waals surface area contributed by atoms with Crippen molar-refractivity contribution in [3.8, 4) is 23.0 Å². The van der Waals surface area contributed by atoms with Crippen LogP contribution in [0.4, 0.5) is 0 Å². The molecule has 0 fully saturated rings. The van der Waals surface area contributed by atoms with Crippen LogP contribution in [0.5, 0.6) is 23.0 Å². The highest BCUT2D eigenvalue weighted by Gasteiger charge is 2.35. The van der Waals surface area contributed by atoms with Crippen LogP contribution in [0.1, 0.15) is 46.2 Å². The molecule has 4 aromatic carbocycles. The molecule has 0 amide bonds. The normalized spacial score (nSPS) is 12.9. The minimum Gasteiger partial charge on any atom is -0.508 e. The SMILES string of the molecule is Cc1cc(CCC(CCc2ccc(O)cc2)(c2ccc(O)cc2)c2cc(C)c(O)c(S)c2)ccc1O. The van der Waals surface area contributed by atoms with Gasteiger partial charge in [0.2, 0.25) is 0 Å². The Labute approximate surface area is 217 Å². The summed E-state index contributed by atoms with van der Waals surface area (Å²) in [5.41, 5.74) is 5.48. The molecular weight excluding hydrogens is 468 g/mol. The Kier molecular flexibility index (Phi) is 7.51. The molecule has 0 aliphatic rings. The van der Waals surface area contributed by atoms with Gasteiger partial charge in [0.05, 0.1) is 0 Å². The number of aromatic hydroxyl groups is 4. The minimum absolute atomic E-state index is 0.175. The fourth-order valence-electron chi connectivity index (χ4n) is 4.94. The van der Waals surface area contributed by atoms with E-state index in [4.69, 9.17) is 0 Å². The zero-order chi connectivity index (χ0) is 25.9. The number of hydrogen-bond acceptors (Lipinski definition) is 5. The number of rotatable bonds is 8. The van der Waals surface area contributed by atoms with Crippen molar-refractivity contribution in [2.45, 2.75) is 49.8 Å². The minimum atomic E-state index is -0.451. The van der Waals surface area contributed by atoms with Crippen LogP contribution >= 0.6 is 12.6 Å². The van der Waals surface area contributed by atoms with Crippen LogP contribution in [0.15, 0.2) is 83.8 Å². The number of thiol groups is 1. The molecule has 4 rings (SSSR count). The maximum Gasteiger partial charge on any atom is 0.131 e. The van der Waals surface area contributed by atoms with Gasteiger partial charge in [-0.05, 0) is 109 Å². The van der Waals surface area contributed by atoms with E-state index >= 15 is 0 Å². The van der Waals surface area contributed by atoms with Gasteiger partial charge in [-0.2, -0.15) is 0 Å². The summed E-state index contributed by atoms with van der Waals surface area (Å²) < 4.78 is 0. The molecular formula is C31H32O4S. The van der Waals surface area contributed by atoms with Crippen molar-refractivity contribution in [3.63, 3.8) is 0 Å². The highest BCUT2D eigenvalue weighted by molar-refractivity contribution is 7.80. The fraction of sp³-hybridized carbons (Fsp3) is 0.226. The third kappa shape index (κ3) is 5.47. The third-order valence-electron chi connectivity index (χ3n) is 7.13.